The molecule has 2 N–H and O–H groups in total. The maximum absolute atomic E-state index is 13.3. The minimum atomic E-state index is -4.10. The van der Waals surface area contributed by atoms with Gasteiger partial charge in [0, 0.05) is 6.42 Å². The molecular weight excluding hydrogens is 287 g/mol. The first-order valence-electron chi connectivity index (χ1n) is 6.01. The number of carbonyl (C=O) groups excluding carboxylic acids is 1. The van der Waals surface area contributed by atoms with E-state index in [1.54, 1.807) is 12.1 Å². The van der Waals surface area contributed by atoms with Crippen LogP contribution in [0.25, 0.3) is 0 Å². The summed E-state index contributed by atoms with van der Waals surface area (Å²) in [5.41, 5.74) is 6.00. The highest BCUT2D eigenvalue weighted by Gasteiger charge is 2.39. The van der Waals surface area contributed by atoms with Crippen LogP contribution in [-0.4, -0.2) is 38.1 Å². The highest BCUT2D eigenvalue weighted by molar-refractivity contribution is 7.86. The monoisotopic (exact) mass is 302 g/mol. The van der Waals surface area contributed by atoms with Crippen molar-refractivity contribution in [1.82, 2.24) is 5.06 Å². The number of primary amides is 1. The average Bonchev–Trinajstić information content (AvgIpc) is 2.70. The topological polar surface area (TPSA) is 89.7 Å². The third-order valence-corrected chi connectivity index (χ3v) is 4.27. The van der Waals surface area contributed by atoms with Crippen LogP contribution in [0.15, 0.2) is 29.2 Å². The van der Waals surface area contributed by atoms with Crippen molar-refractivity contribution in [2.24, 2.45) is 5.73 Å². The van der Waals surface area contributed by atoms with Gasteiger partial charge < -0.3 is 5.73 Å². The molecule has 0 spiro atoms. The molecule has 20 heavy (non-hydrogen) atoms. The molecule has 0 radical (unpaired) electrons. The molecule has 0 unspecified atom stereocenters. The van der Waals surface area contributed by atoms with E-state index in [-0.39, 0.29) is 17.9 Å². The Labute approximate surface area is 116 Å². The fourth-order valence-electron chi connectivity index (χ4n) is 1.97. The summed E-state index contributed by atoms with van der Waals surface area (Å²) in [6, 6.07) is 4.91. The number of aryl methyl sites for hydroxylation is 1. The van der Waals surface area contributed by atoms with Crippen LogP contribution in [0.4, 0.5) is 4.39 Å². The molecule has 0 saturated carbocycles. The lowest BCUT2D eigenvalue weighted by molar-refractivity contribution is -0.134. The lowest BCUT2D eigenvalue weighted by Crippen LogP contribution is -2.41. The first-order chi connectivity index (χ1) is 9.29. The summed E-state index contributed by atoms with van der Waals surface area (Å²) in [5.74, 6) is -0.816. The summed E-state index contributed by atoms with van der Waals surface area (Å²) in [4.78, 5) is 11.1. The van der Waals surface area contributed by atoms with E-state index >= 15 is 0 Å². The second-order valence-electron chi connectivity index (χ2n) is 4.69. The quantitative estimate of drug-likeness (QED) is 0.875. The Bertz CT molecular complexity index is 602. The molecule has 0 aliphatic carbocycles. The van der Waals surface area contributed by atoms with Crippen LogP contribution < -0.4 is 5.73 Å². The van der Waals surface area contributed by atoms with Gasteiger partial charge in [0.1, 0.15) is 12.2 Å². The minimum Gasteiger partial charge on any atom is -0.368 e. The predicted octanol–water partition coefficient (Wildman–Crippen LogP) is 0.513. The van der Waals surface area contributed by atoms with E-state index < -0.39 is 28.2 Å². The predicted molar refractivity (Wildman–Crippen MR) is 68.7 cm³/mol. The van der Waals surface area contributed by atoms with Crippen LogP contribution in [0.5, 0.6) is 0 Å². The van der Waals surface area contributed by atoms with Crippen molar-refractivity contribution in [2.45, 2.75) is 30.5 Å². The molecule has 110 valence electrons. The zero-order valence-corrected chi connectivity index (χ0v) is 11.6. The van der Waals surface area contributed by atoms with Gasteiger partial charge >= 0.3 is 10.1 Å². The van der Waals surface area contributed by atoms with Gasteiger partial charge in [0.05, 0.1) is 11.4 Å². The number of hydrogen-bond acceptors (Lipinski definition) is 5. The van der Waals surface area contributed by atoms with E-state index in [9.17, 15) is 17.6 Å². The number of halogens is 1. The van der Waals surface area contributed by atoms with E-state index in [1.807, 2.05) is 6.92 Å². The summed E-state index contributed by atoms with van der Waals surface area (Å²) in [6.07, 6.45) is -1.51. The zero-order valence-electron chi connectivity index (χ0n) is 10.8. The van der Waals surface area contributed by atoms with E-state index in [2.05, 4.69) is 0 Å². The van der Waals surface area contributed by atoms with Crippen molar-refractivity contribution >= 4 is 16.0 Å². The fourth-order valence-corrected chi connectivity index (χ4v) is 2.94. The highest BCUT2D eigenvalue weighted by atomic mass is 32.2. The van der Waals surface area contributed by atoms with Crippen molar-refractivity contribution in [3.05, 3.63) is 29.8 Å². The van der Waals surface area contributed by atoms with Gasteiger partial charge in [-0.1, -0.05) is 17.7 Å². The number of rotatable bonds is 4. The maximum Gasteiger partial charge on any atom is 0.313 e. The molecule has 1 fully saturated rings. The van der Waals surface area contributed by atoms with Crippen LogP contribution in [0.3, 0.4) is 0 Å². The van der Waals surface area contributed by atoms with Crippen LogP contribution in [0.2, 0.25) is 0 Å². The molecule has 1 aliphatic rings. The Balaban J connectivity index is 2.19. The van der Waals surface area contributed by atoms with E-state index in [0.717, 1.165) is 10.6 Å². The molecule has 6 nitrogen and oxygen atoms in total. The third-order valence-electron chi connectivity index (χ3n) is 3.04. The number of nitrogens with zero attached hydrogens (tertiary/aromatic N) is 1. The molecule has 1 saturated heterocycles. The Morgan fingerprint density at radius 1 is 1.40 bits per heavy atom. The van der Waals surface area contributed by atoms with Crippen molar-refractivity contribution < 1.29 is 21.9 Å². The van der Waals surface area contributed by atoms with Crippen molar-refractivity contribution in [3.8, 4) is 0 Å². The second kappa shape index (κ2) is 5.47. The van der Waals surface area contributed by atoms with Crippen molar-refractivity contribution in [3.63, 3.8) is 0 Å². The molecule has 0 aromatic heterocycles. The number of alkyl halides is 1. The zero-order chi connectivity index (χ0) is 14.9. The van der Waals surface area contributed by atoms with Crippen molar-refractivity contribution in [2.75, 3.05) is 6.54 Å². The first kappa shape index (κ1) is 14.9. The standard InChI is InChI=1S/C12H15FN2O4S/c1-8-2-4-10(5-3-8)20(17,18)19-15-7-9(13)6-11(15)12(14)16/h2-5,9,11H,6-7H2,1H3,(H2,14,16)/t9-,11-/m0/s1. The van der Waals surface area contributed by atoms with Gasteiger partial charge in [-0.15, -0.1) is 0 Å². The van der Waals surface area contributed by atoms with Gasteiger partial charge in [-0.25, -0.2) is 4.39 Å². The van der Waals surface area contributed by atoms with Gasteiger partial charge in [-0.05, 0) is 19.1 Å². The summed E-state index contributed by atoms with van der Waals surface area (Å²) >= 11 is 0. The number of carbonyl (C=O) groups is 1. The fraction of sp³-hybridized carbons (Fsp3) is 0.417. The molecule has 8 heteroatoms. The van der Waals surface area contributed by atoms with Crippen molar-refractivity contribution in [1.29, 1.82) is 0 Å². The normalized spacial score (nSPS) is 23.9. The van der Waals surface area contributed by atoms with Gasteiger partial charge in [-0.2, -0.15) is 17.8 Å². The summed E-state index contributed by atoms with van der Waals surface area (Å²) in [5, 5.41) is 0.794. The molecule has 0 bridgehead atoms. The van der Waals surface area contributed by atoms with Crippen LogP contribution in [0.1, 0.15) is 12.0 Å². The Morgan fingerprint density at radius 2 is 2.00 bits per heavy atom. The molecule has 1 aromatic rings. The molecule has 1 aliphatic heterocycles. The lowest BCUT2D eigenvalue weighted by Gasteiger charge is -2.19. The summed E-state index contributed by atoms with van der Waals surface area (Å²) < 4.78 is 42.2. The average molecular weight is 302 g/mol. The molecule has 2 atom stereocenters. The van der Waals surface area contributed by atoms with E-state index in [4.69, 9.17) is 10.0 Å². The molecule has 2 rings (SSSR count). The Morgan fingerprint density at radius 3 is 2.55 bits per heavy atom. The Hall–Kier alpha value is -1.51. The lowest BCUT2D eigenvalue weighted by atomic mass is 10.2. The van der Waals surface area contributed by atoms with Gasteiger partial charge in [-0.3, -0.25) is 4.79 Å². The first-order valence-corrected chi connectivity index (χ1v) is 7.42. The molecular formula is C12H15FN2O4S. The van der Waals surface area contributed by atoms with Crippen LogP contribution in [0, 0.1) is 6.92 Å². The van der Waals surface area contributed by atoms with Gasteiger partial charge in [0.15, 0.2) is 0 Å². The highest BCUT2D eigenvalue weighted by Crippen LogP contribution is 2.24. The number of nitrogens with two attached hydrogens (primary N) is 1. The largest absolute Gasteiger partial charge is 0.368 e. The maximum atomic E-state index is 13.3. The number of benzene rings is 1. The van der Waals surface area contributed by atoms with E-state index in [0.29, 0.717) is 0 Å². The molecule has 1 aromatic carbocycles. The van der Waals surface area contributed by atoms with Gasteiger partial charge in [0.2, 0.25) is 5.91 Å². The van der Waals surface area contributed by atoms with Gasteiger partial charge in [0.25, 0.3) is 0 Å². The van der Waals surface area contributed by atoms with Crippen LogP contribution >= 0.6 is 0 Å². The van der Waals surface area contributed by atoms with E-state index in [1.165, 1.54) is 12.1 Å². The summed E-state index contributed by atoms with van der Waals surface area (Å²) in [7, 11) is -4.10. The third kappa shape index (κ3) is 3.14. The SMILES string of the molecule is Cc1ccc(S(=O)(=O)ON2C[C@@H](F)C[C@H]2C(N)=O)cc1. The number of hydrogen-bond donors (Lipinski definition) is 1. The molecule has 1 amide bonds. The van der Waals surface area contributed by atoms with Crippen LogP contribution in [-0.2, 0) is 19.2 Å². The summed E-state index contributed by atoms with van der Waals surface area (Å²) in [6.45, 7) is 1.51. The second-order valence-corrected chi connectivity index (χ2v) is 6.22. The minimum absolute atomic E-state index is 0.0615. The Kier molecular flexibility index (Phi) is 4.07. The number of amides is 1. The molecule has 1 heterocycles. The number of hydroxylamine groups is 2. The smallest absolute Gasteiger partial charge is 0.313 e.